The quantitative estimate of drug-likeness (QED) is 0.825. The number of para-hydroxylation sites is 1. The zero-order valence-corrected chi connectivity index (χ0v) is 11.9. The molecule has 1 heteroatoms. The molecule has 0 spiro atoms. The zero-order valence-electron chi connectivity index (χ0n) is 11.9. The van der Waals surface area contributed by atoms with Gasteiger partial charge in [-0.15, -0.1) is 0 Å². The zero-order chi connectivity index (χ0) is 12.9. The Bertz CT molecular complexity index is 415. The summed E-state index contributed by atoms with van der Waals surface area (Å²) in [6.45, 7) is 2.43. The Morgan fingerprint density at radius 3 is 2.00 bits per heavy atom. The molecule has 0 aromatic heterocycles. The van der Waals surface area contributed by atoms with Gasteiger partial charge in [-0.1, -0.05) is 18.2 Å². The Hall–Kier alpha value is -0.980. The van der Waals surface area contributed by atoms with E-state index in [9.17, 15) is 0 Å². The van der Waals surface area contributed by atoms with Gasteiger partial charge in [-0.05, 0) is 80.8 Å². The molecule has 1 atom stereocenters. The van der Waals surface area contributed by atoms with Crippen molar-refractivity contribution < 1.29 is 0 Å². The van der Waals surface area contributed by atoms with Crippen LogP contribution < -0.4 is 5.32 Å². The maximum absolute atomic E-state index is 3.80. The molecule has 0 saturated heterocycles. The molecule has 4 fully saturated rings. The number of nitrogens with one attached hydrogen (secondary N) is 1. The van der Waals surface area contributed by atoms with Crippen molar-refractivity contribution in [1.29, 1.82) is 0 Å². The van der Waals surface area contributed by atoms with Crippen molar-refractivity contribution in [2.45, 2.75) is 51.5 Å². The lowest BCUT2D eigenvalue weighted by molar-refractivity contribution is -0.0602. The molecule has 0 radical (unpaired) electrons. The summed E-state index contributed by atoms with van der Waals surface area (Å²) in [4.78, 5) is 0. The fourth-order valence-corrected chi connectivity index (χ4v) is 5.65. The van der Waals surface area contributed by atoms with Gasteiger partial charge in [0.1, 0.15) is 0 Å². The van der Waals surface area contributed by atoms with E-state index in [-0.39, 0.29) is 0 Å². The van der Waals surface area contributed by atoms with Crippen molar-refractivity contribution >= 4 is 5.69 Å². The first-order valence-electron chi connectivity index (χ1n) is 8.05. The second kappa shape index (κ2) is 4.26. The average Bonchev–Trinajstić information content (AvgIpc) is 2.38. The van der Waals surface area contributed by atoms with Crippen molar-refractivity contribution in [2.75, 3.05) is 5.32 Å². The number of hydrogen-bond acceptors (Lipinski definition) is 1. The first kappa shape index (κ1) is 11.8. The standard InChI is InChI=1S/C18H25N/c1-13(19-17-5-3-2-4-6-17)18-10-14-7-15(11-18)9-16(8-14)12-18/h2-6,13-16,19H,7-12H2,1H3. The smallest absolute Gasteiger partial charge is 0.0342 e. The summed E-state index contributed by atoms with van der Waals surface area (Å²) in [7, 11) is 0. The number of rotatable bonds is 3. The summed E-state index contributed by atoms with van der Waals surface area (Å²) < 4.78 is 0. The highest BCUT2D eigenvalue weighted by molar-refractivity contribution is 5.44. The third-order valence-electron chi connectivity index (χ3n) is 6.16. The Morgan fingerprint density at radius 2 is 1.47 bits per heavy atom. The monoisotopic (exact) mass is 255 g/mol. The second-order valence-corrected chi connectivity index (χ2v) is 7.51. The molecule has 1 nitrogen and oxygen atoms in total. The molecular formula is C18H25N. The van der Waals surface area contributed by atoms with Crippen molar-refractivity contribution in [3.8, 4) is 0 Å². The fraction of sp³-hybridized carbons (Fsp3) is 0.667. The maximum atomic E-state index is 3.80. The minimum absolute atomic E-state index is 0.602. The predicted molar refractivity (Wildman–Crippen MR) is 80.1 cm³/mol. The van der Waals surface area contributed by atoms with E-state index in [1.165, 1.54) is 44.2 Å². The Kier molecular flexibility index (Phi) is 2.65. The van der Waals surface area contributed by atoms with Gasteiger partial charge in [-0.2, -0.15) is 0 Å². The molecule has 0 heterocycles. The predicted octanol–water partition coefficient (Wildman–Crippen LogP) is 4.70. The van der Waals surface area contributed by atoms with Crippen LogP contribution >= 0.6 is 0 Å². The van der Waals surface area contributed by atoms with Gasteiger partial charge in [0.05, 0.1) is 0 Å². The van der Waals surface area contributed by atoms with Crippen LogP contribution in [0, 0.1) is 23.2 Å². The van der Waals surface area contributed by atoms with Crippen molar-refractivity contribution in [3.05, 3.63) is 30.3 Å². The van der Waals surface area contributed by atoms with Gasteiger partial charge < -0.3 is 5.32 Å². The maximum Gasteiger partial charge on any atom is 0.0342 e. The lowest BCUT2D eigenvalue weighted by Gasteiger charge is -2.59. The van der Waals surface area contributed by atoms with Gasteiger partial charge in [-0.25, -0.2) is 0 Å². The van der Waals surface area contributed by atoms with Gasteiger partial charge >= 0.3 is 0 Å². The minimum atomic E-state index is 0.602. The van der Waals surface area contributed by atoms with E-state index in [1.54, 1.807) is 0 Å². The second-order valence-electron chi connectivity index (χ2n) is 7.51. The largest absolute Gasteiger partial charge is 0.382 e. The first-order valence-corrected chi connectivity index (χ1v) is 8.05. The summed E-state index contributed by atoms with van der Waals surface area (Å²) in [6, 6.07) is 11.4. The molecule has 4 aliphatic rings. The van der Waals surface area contributed by atoms with Gasteiger partial charge in [0.25, 0.3) is 0 Å². The molecule has 4 saturated carbocycles. The van der Waals surface area contributed by atoms with Crippen LogP contribution in [0.4, 0.5) is 5.69 Å². The molecule has 4 bridgehead atoms. The third-order valence-corrected chi connectivity index (χ3v) is 6.16. The van der Waals surface area contributed by atoms with Gasteiger partial charge in [0.2, 0.25) is 0 Å². The Labute approximate surface area is 116 Å². The summed E-state index contributed by atoms with van der Waals surface area (Å²) in [6.07, 6.45) is 9.08. The molecule has 5 rings (SSSR count). The van der Waals surface area contributed by atoms with Crippen LogP contribution in [-0.2, 0) is 0 Å². The Morgan fingerprint density at radius 1 is 0.947 bits per heavy atom. The number of benzene rings is 1. The van der Waals surface area contributed by atoms with Crippen LogP contribution in [0.2, 0.25) is 0 Å². The lowest BCUT2D eigenvalue weighted by Crippen LogP contribution is -2.52. The van der Waals surface area contributed by atoms with Crippen LogP contribution in [0.3, 0.4) is 0 Å². The lowest BCUT2D eigenvalue weighted by atomic mass is 9.48. The molecule has 1 aromatic carbocycles. The van der Waals surface area contributed by atoms with E-state index in [0.29, 0.717) is 11.5 Å². The Balaban J connectivity index is 1.55. The molecule has 1 N–H and O–H groups in total. The molecule has 102 valence electrons. The van der Waals surface area contributed by atoms with E-state index < -0.39 is 0 Å². The normalized spacial score (nSPS) is 41.2. The topological polar surface area (TPSA) is 12.0 Å². The molecule has 19 heavy (non-hydrogen) atoms. The van der Waals surface area contributed by atoms with Crippen LogP contribution in [0.1, 0.15) is 45.4 Å². The summed E-state index contributed by atoms with van der Waals surface area (Å²) in [5.74, 6) is 3.14. The summed E-state index contributed by atoms with van der Waals surface area (Å²) >= 11 is 0. The van der Waals surface area contributed by atoms with Crippen molar-refractivity contribution in [2.24, 2.45) is 23.2 Å². The van der Waals surface area contributed by atoms with E-state index in [0.717, 1.165) is 17.8 Å². The molecule has 0 aliphatic heterocycles. The fourth-order valence-electron chi connectivity index (χ4n) is 5.65. The summed E-state index contributed by atoms with van der Waals surface area (Å²) in [5, 5.41) is 3.80. The van der Waals surface area contributed by atoms with E-state index in [4.69, 9.17) is 0 Å². The number of anilines is 1. The third kappa shape index (κ3) is 1.98. The highest BCUT2D eigenvalue weighted by atomic mass is 14.9. The van der Waals surface area contributed by atoms with Gasteiger partial charge in [0.15, 0.2) is 0 Å². The van der Waals surface area contributed by atoms with Gasteiger partial charge in [0, 0.05) is 11.7 Å². The molecule has 4 aliphatic carbocycles. The van der Waals surface area contributed by atoms with E-state index >= 15 is 0 Å². The SMILES string of the molecule is CC(Nc1ccccc1)C12CC3CC(CC(C3)C1)C2. The van der Waals surface area contributed by atoms with Crippen LogP contribution in [0.15, 0.2) is 30.3 Å². The van der Waals surface area contributed by atoms with Crippen LogP contribution in [0.25, 0.3) is 0 Å². The summed E-state index contributed by atoms with van der Waals surface area (Å²) in [5.41, 5.74) is 1.90. The highest BCUT2D eigenvalue weighted by Gasteiger charge is 2.53. The molecule has 1 unspecified atom stereocenters. The highest BCUT2D eigenvalue weighted by Crippen LogP contribution is 2.61. The minimum Gasteiger partial charge on any atom is -0.382 e. The van der Waals surface area contributed by atoms with Crippen LogP contribution in [-0.4, -0.2) is 6.04 Å². The number of hydrogen-bond donors (Lipinski definition) is 1. The molecule has 0 amide bonds. The van der Waals surface area contributed by atoms with Gasteiger partial charge in [-0.3, -0.25) is 0 Å². The first-order chi connectivity index (χ1) is 9.23. The van der Waals surface area contributed by atoms with Crippen LogP contribution in [0.5, 0.6) is 0 Å². The van der Waals surface area contributed by atoms with Crippen molar-refractivity contribution in [1.82, 2.24) is 0 Å². The molecule has 1 aromatic rings. The van der Waals surface area contributed by atoms with E-state index in [1.807, 2.05) is 0 Å². The van der Waals surface area contributed by atoms with E-state index in [2.05, 4.69) is 42.6 Å². The van der Waals surface area contributed by atoms with Crippen molar-refractivity contribution in [3.63, 3.8) is 0 Å². The molecular weight excluding hydrogens is 230 g/mol. The average molecular weight is 255 g/mol.